The predicted molar refractivity (Wildman–Crippen MR) is 121 cm³/mol. The molecular weight excluding hydrogens is 418 g/mol. The molecule has 1 aliphatic carbocycles. The third-order valence-electron chi connectivity index (χ3n) is 5.46. The van der Waals surface area contributed by atoms with Gasteiger partial charge < -0.3 is 15.4 Å². The van der Waals surface area contributed by atoms with Gasteiger partial charge in [-0.25, -0.2) is 0 Å². The summed E-state index contributed by atoms with van der Waals surface area (Å²) in [5.74, 6) is 1.24. The van der Waals surface area contributed by atoms with Crippen molar-refractivity contribution in [2.45, 2.75) is 48.5 Å². The second kappa shape index (κ2) is 10.5. The van der Waals surface area contributed by atoms with Gasteiger partial charge in [0.05, 0.1) is 18.9 Å². The Hall–Kier alpha value is -1.84. The molecule has 2 aromatic rings. The van der Waals surface area contributed by atoms with Crippen LogP contribution < -0.4 is 15.4 Å². The highest BCUT2D eigenvalue weighted by molar-refractivity contribution is 8.01. The molecule has 1 saturated heterocycles. The molecule has 9 heteroatoms. The summed E-state index contributed by atoms with van der Waals surface area (Å²) in [5.41, 5.74) is 1.21. The molecule has 7 nitrogen and oxygen atoms in total. The van der Waals surface area contributed by atoms with E-state index in [1.54, 1.807) is 7.11 Å². The molecule has 0 bridgehead atoms. The van der Waals surface area contributed by atoms with Crippen molar-refractivity contribution < 1.29 is 9.53 Å². The Bertz CT molecular complexity index is 819. The Morgan fingerprint density at radius 1 is 1.23 bits per heavy atom. The number of methoxy groups -OCH3 is 1. The molecule has 1 atom stereocenters. The number of piperidine rings is 1. The van der Waals surface area contributed by atoms with Crippen LogP contribution >= 0.6 is 23.1 Å². The van der Waals surface area contributed by atoms with E-state index in [2.05, 4.69) is 37.9 Å². The summed E-state index contributed by atoms with van der Waals surface area (Å²) < 4.78 is 6.12. The summed E-state index contributed by atoms with van der Waals surface area (Å²) >= 11 is 2.97. The van der Waals surface area contributed by atoms with Crippen molar-refractivity contribution in [2.75, 3.05) is 37.8 Å². The lowest BCUT2D eigenvalue weighted by atomic mass is 10.0. The van der Waals surface area contributed by atoms with Crippen molar-refractivity contribution in [1.29, 1.82) is 0 Å². The lowest BCUT2D eigenvalue weighted by Crippen LogP contribution is -2.41. The monoisotopic (exact) mass is 447 g/mol. The summed E-state index contributed by atoms with van der Waals surface area (Å²) in [6.45, 7) is 2.75. The normalized spacial score (nSPS) is 18.0. The highest BCUT2D eigenvalue weighted by Crippen LogP contribution is 2.30. The number of anilines is 1. The van der Waals surface area contributed by atoms with Gasteiger partial charge in [0.15, 0.2) is 4.34 Å². The number of benzene rings is 1. The van der Waals surface area contributed by atoms with Crippen molar-refractivity contribution in [3.8, 4) is 5.75 Å². The third-order valence-corrected chi connectivity index (χ3v) is 7.45. The SMILES string of the molecule is COc1ccc([C@@H](CNC(=O)CSc2nnc(NC3CC3)s2)N2CCCCC2)cc1. The van der Waals surface area contributed by atoms with E-state index in [1.165, 1.54) is 60.8 Å². The van der Waals surface area contributed by atoms with E-state index in [4.69, 9.17) is 4.74 Å². The maximum Gasteiger partial charge on any atom is 0.230 e. The number of likely N-dealkylation sites (tertiary alicyclic amines) is 1. The van der Waals surface area contributed by atoms with Gasteiger partial charge in [-0.2, -0.15) is 0 Å². The molecule has 1 amide bonds. The summed E-state index contributed by atoms with van der Waals surface area (Å²) in [6.07, 6.45) is 6.12. The lowest BCUT2D eigenvalue weighted by Gasteiger charge is -2.35. The number of aromatic nitrogens is 2. The third kappa shape index (κ3) is 6.09. The fourth-order valence-electron chi connectivity index (χ4n) is 3.63. The molecule has 162 valence electrons. The molecular formula is C21H29N5O2S2. The van der Waals surface area contributed by atoms with Crippen LogP contribution in [0.25, 0.3) is 0 Å². The van der Waals surface area contributed by atoms with Crippen LogP contribution in [0, 0.1) is 0 Å². The highest BCUT2D eigenvalue weighted by atomic mass is 32.2. The first-order valence-corrected chi connectivity index (χ1v) is 12.4. The van der Waals surface area contributed by atoms with Crippen molar-refractivity contribution >= 4 is 34.1 Å². The second-order valence-electron chi connectivity index (χ2n) is 7.77. The van der Waals surface area contributed by atoms with Gasteiger partial charge in [-0.15, -0.1) is 10.2 Å². The first kappa shape index (κ1) is 21.4. The van der Waals surface area contributed by atoms with Gasteiger partial charge in [0.1, 0.15) is 5.75 Å². The van der Waals surface area contributed by atoms with E-state index in [-0.39, 0.29) is 11.9 Å². The van der Waals surface area contributed by atoms with Crippen molar-refractivity contribution in [3.63, 3.8) is 0 Å². The first-order valence-electron chi connectivity index (χ1n) is 10.6. The van der Waals surface area contributed by atoms with E-state index >= 15 is 0 Å². The van der Waals surface area contributed by atoms with Crippen LogP contribution in [0.2, 0.25) is 0 Å². The molecule has 1 aromatic carbocycles. The maximum atomic E-state index is 12.5. The fourth-order valence-corrected chi connectivity index (χ4v) is 5.29. The van der Waals surface area contributed by atoms with Gasteiger partial charge in [0, 0.05) is 12.6 Å². The maximum absolute atomic E-state index is 12.5. The van der Waals surface area contributed by atoms with Crippen LogP contribution in [-0.2, 0) is 4.79 Å². The number of ether oxygens (including phenoxy) is 1. The molecule has 2 fully saturated rings. The van der Waals surface area contributed by atoms with Gasteiger partial charge in [-0.3, -0.25) is 9.69 Å². The van der Waals surface area contributed by atoms with Crippen LogP contribution in [0.15, 0.2) is 28.6 Å². The number of nitrogens with one attached hydrogen (secondary N) is 2. The molecule has 2 aliphatic rings. The molecule has 0 unspecified atom stereocenters. The van der Waals surface area contributed by atoms with Crippen molar-refractivity contribution in [2.24, 2.45) is 0 Å². The van der Waals surface area contributed by atoms with Gasteiger partial charge in [-0.1, -0.05) is 41.7 Å². The van der Waals surface area contributed by atoms with E-state index in [0.717, 1.165) is 28.3 Å². The second-order valence-corrected chi connectivity index (χ2v) is 9.97. The molecule has 2 heterocycles. The zero-order valence-electron chi connectivity index (χ0n) is 17.3. The summed E-state index contributed by atoms with van der Waals surface area (Å²) in [4.78, 5) is 15.0. The summed E-state index contributed by atoms with van der Waals surface area (Å²) in [7, 11) is 1.68. The zero-order chi connectivity index (χ0) is 20.8. The standard InChI is InChI=1S/C21H29N5O2S2/c1-28-17-9-5-15(6-10-17)18(26-11-3-2-4-12-26)13-22-19(27)14-29-21-25-24-20(30-21)23-16-7-8-16/h5-6,9-10,16,18H,2-4,7-8,11-14H2,1H3,(H,22,27)(H,23,24)/t18-/m1/s1. The Morgan fingerprint density at radius 2 is 2.00 bits per heavy atom. The van der Waals surface area contributed by atoms with E-state index in [9.17, 15) is 4.79 Å². The molecule has 30 heavy (non-hydrogen) atoms. The van der Waals surface area contributed by atoms with Crippen molar-refractivity contribution in [3.05, 3.63) is 29.8 Å². The minimum absolute atomic E-state index is 0.0300. The number of carbonyl (C=O) groups is 1. The molecule has 0 radical (unpaired) electrons. The molecule has 0 spiro atoms. The van der Waals surface area contributed by atoms with Gasteiger partial charge in [-0.05, 0) is 56.5 Å². The Labute approximate surface area is 186 Å². The quantitative estimate of drug-likeness (QED) is 0.539. The van der Waals surface area contributed by atoms with Gasteiger partial charge in [0.2, 0.25) is 11.0 Å². The molecule has 2 N–H and O–H groups in total. The Kier molecular flexibility index (Phi) is 7.46. The topological polar surface area (TPSA) is 79.4 Å². The van der Waals surface area contributed by atoms with Crippen LogP contribution in [0.3, 0.4) is 0 Å². The number of amides is 1. The number of hydrogen-bond acceptors (Lipinski definition) is 8. The lowest BCUT2D eigenvalue weighted by molar-refractivity contribution is -0.118. The van der Waals surface area contributed by atoms with E-state index in [0.29, 0.717) is 18.3 Å². The average Bonchev–Trinajstić information content (AvgIpc) is 3.49. The van der Waals surface area contributed by atoms with Gasteiger partial charge in [0.25, 0.3) is 0 Å². The predicted octanol–water partition coefficient (Wildman–Crippen LogP) is 3.56. The van der Waals surface area contributed by atoms with E-state index < -0.39 is 0 Å². The molecule has 1 aromatic heterocycles. The molecule has 4 rings (SSSR count). The summed E-state index contributed by atoms with van der Waals surface area (Å²) in [6, 6.07) is 8.94. The minimum atomic E-state index is 0.0300. The first-order chi connectivity index (χ1) is 14.7. The number of carbonyl (C=O) groups excluding carboxylic acids is 1. The molecule has 1 saturated carbocycles. The minimum Gasteiger partial charge on any atom is -0.497 e. The van der Waals surface area contributed by atoms with Crippen LogP contribution in [-0.4, -0.2) is 59.5 Å². The van der Waals surface area contributed by atoms with Crippen LogP contribution in [0.1, 0.15) is 43.7 Å². The average molecular weight is 448 g/mol. The Morgan fingerprint density at radius 3 is 2.70 bits per heavy atom. The van der Waals surface area contributed by atoms with E-state index in [1.807, 2.05) is 12.1 Å². The number of hydrogen-bond donors (Lipinski definition) is 2. The zero-order valence-corrected chi connectivity index (χ0v) is 18.9. The van der Waals surface area contributed by atoms with Gasteiger partial charge >= 0.3 is 0 Å². The number of nitrogens with zero attached hydrogens (tertiary/aromatic N) is 3. The fraction of sp³-hybridized carbons (Fsp3) is 0.571. The number of thioether (sulfide) groups is 1. The molecule has 1 aliphatic heterocycles. The number of rotatable bonds is 10. The Balaban J connectivity index is 1.30. The summed E-state index contributed by atoms with van der Waals surface area (Å²) in [5, 5.41) is 15.7. The van der Waals surface area contributed by atoms with Crippen LogP contribution in [0.4, 0.5) is 5.13 Å². The highest BCUT2D eigenvalue weighted by Gasteiger charge is 2.24. The largest absolute Gasteiger partial charge is 0.497 e. The smallest absolute Gasteiger partial charge is 0.230 e. The van der Waals surface area contributed by atoms with Crippen molar-refractivity contribution in [1.82, 2.24) is 20.4 Å². The van der Waals surface area contributed by atoms with Crippen LogP contribution in [0.5, 0.6) is 5.75 Å².